The van der Waals surface area contributed by atoms with Crippen molar-refractivity contribution in [1.82, 2.24) is 4.90 Å². The number of likely N-dealkylation sites (N-methyl/N-ethyl adjacent to an activating group) is 1. The van der Waals surface area contributed by atoms with E-state index in [1.54, 1.807) is 0 Å². The average Bonchev–Trinajstić information content (AvgIpc) is 2.19. The molecular weight excluding hydrogens is 184 g/mol. The van der Waals surface area contributed by atoms with E-state index in [-0.39, 0.29) is 0 Å². The second-order valence-electron chi connectivity index (χ2n) is 3.28. The van der Waals surface area contributed by atoms with E-state index in [0.717, 1.165) is 6.54 Å². The van der Waals surface area contributed by atoms with Crippen molar-refractivity contribution in [2.24, 2.45) is 5.11 Å². The predicted molar refractivity (Wildman–Crippen MR) is 57.0 cm³/mol. The smallest absolute Gasteiger partial charge is 0.0385 e. The van der Waals surface area contributed by atoms with Crippen molar-refractivity contribution in [3.05, 3.63) is 10.4 Å². The summed E-state index contributed by atoms with van der Waals surface area (Å²) in [7, 11) is 2.12. The molecule has 4 nitrogen and oxygen atoms in total. The molecule has 1 heterocycles. The molecule has 74 valence electrons. The fourth-order valence-electron chi connectivity index (χ4n) is 1.56. The first-order valence-electron chi connectivity index (χ1n) is 4.63. The zero-order valence-electron chi connectivity index (χ0n) is 8.02. The minimum atomic E-state index is 0.594. The van der Waals surface area contributed by atoms with Gasteiger partial charge in [-0.3, -0.25) is 0 Å². The summed E-state index contributed by atoms with van der Waals surface area (Å²) in [4.78, 5) is 5.06. The van der Waals surface area contributed by atoms with Crippen LogP contribution in [-0.2, 0) is 0 Å². The summed E-state index contributed by atoms with van der Waals surface area (Å²) in [6.07, 6.45) is 2.55. The Kier molecular flexibility index (Phi) is 5.05. The van der Waals surface area contributed by atoms with E-state index in [2.05, 4.69) is 22.0 Å². The third-order valence-corrected chi connectivity index (χ3v) is 3.48. The maximum Gasteiger partial charge on any atom is 0.0385 e. The predicted octanol–water partition coefficient (Wildman–Crippen LogP) is 2.12. The molecule has 0 aromatic carbocycles. The van der Waals surface area contributed by atoms with Gasteiger partial charge in [0.2, 0.25) is 0 Å². The molecule has 1 aliphatic heterocycles. The molecule has 0 amide bonds. The van der Waals surface area contributed by atoms with Gasteiger partial charge in [-0.1, -0.05) is 5.11 Å². The van der Waals surface area contributed by atoms with Gasteiger partial charge in [0.15, 0.2) is 0 Å². The van der Waals surface area contributed by atoms with Crippen molar-refractivity contribution in [1.29, 1.82) is 0 Å². The summed E-state index contributed by atoms with van der Waals surface area (Å²) < 4.78 is 0. The lowest BCUT2D eigenvalue weighted by molar-refractivity contribution is 0.235. The van der Waals surface area contributed by atoms with Gasteiger partial charge in [-0.05, 0) is 36.9 Å². The molecule has 0 aromatic rings. The molecule has 0 aliphatic carbocycles. The van der Waals surface area contributed by atoms with Gasteiger partial charge >= 0.3 is 0 Å². The Morgan fingerprint density at radius 2 is 2.23 bits per heavy atom. The molecular formula is C8H16N4S. The van der Waals surface area contributed by atoms with E-state index in [9.17, 15) is 0 Å². The van der Waals surface area contributed by atoms with E-state index in [0.29, 0.717) is 12.6 Å². The van der Waals surface area contributed by atoms with Gasteiger partial charge in [0, 0.05) is 24.0 Å². The highest BCUT2D eigenvalue weighted by Gasteiger charge is 2.17. The molecule has 0 saturated carbocycles. The molecule has 0 spiro atoms. The van der Waals surface area contributed by atoms with Gasteiger partial charge in [0.25, 0.3) is 0 Å². The van der Waals surface area contributed by atoms with Crippen LogP contribution in [0.1, 0.15) is 12.8 Å². The fourth-order valence-corrected chi connectivity index (χ4v) is 2.64. The lowest BCUT2D eigenvalue weighted by Crippen LogP contribution is -2.36. The van der Waals surface area contributed by atoms with Crippen molar-refractivity contribution in [2.45, 2.75) is 18.9 Å². The summed E-state index contributed by atoms with van der Waals surface area (Å²) >= 11 is 2.04. The lowest BCUT2D eigenvalue weighted by Gasteiger charge is -2.30. The van der Waals surface area contributed by atoms with E-state index in [1.807, 2.05) is 11.8 Å². The van der Waals surface area contributed by atoms with Gasteiger partial charge in [-0.2, -0.15) is 11.8 Å². The van der Waals surface area contributed by atoms with E-state index in [1.165, 1.54) is 24.3 Å². The van der Waals surface area contributed by atoms with Crippen LogP contribution in [-0.4, -0.2) is 42.6 Å². The average molecular weight is 200 g/mol. The Balaban J connectivity index is 2.20. The van der Waals surface area contributed by atoms with E-state index < -0.39 is 0 Å². The van der Waals surface area contributed by atoms with Gasteiger partial charge in [-0.25, -0.2) is 0 Å². The third-order valence-electron chi connectivity index (χ3n) is 2.43. The molecule has 0 N–H and O–H groups in total. The van der Waals surface area contributed by atoms with Crippen molar-refractivity contribution in [3.63, 3.8) is 0 Å². The molecule has 0 atom stereocenters. The Morgan fingerprint density at radius 3 is 2.85 bits per heavy atom. The van der Waals surface area contributed by atoms with Crippen molar-refractivity contribution >= 4 is 11.8 Å². The number of hydrogen-bond acceptors (Lipinski definition) is 3. The molecule has 1 fully saturated rings. The molecule has 1 rings (SSSR count). The van der Waals surface area contributed by atoms with Gasteiger partial charge in [-0.15, -0.1) is 0 Å². The van der Waals surface area contributed by atoms with Crippen molar-refractivity contribution in [3.8, 4) is 0 Å². The Hall–Kier alpha value is -0.380. The van der Waals surface area contributed by atoms with Crippen LogP contribution in [0, 0.1) is 0 Å². The fraction of sp³-hybridized carbons (Fsp3) is 1.00. The molecule has 1 saturated heterocycles. The second kappa shape index (κ2) is 6.13. The number of nitrogens with zero attached hydrogens (tertiary/aromatic N) is 4. The highest BCUT2D eigenvalue weighted by atomic mass is 32.2. The third kappa shape index (κ3) is 3.89. The maximum absolute atomic E-state index is 8.13. The number of azide groups is 1. The topological polar surface area (TPSA) is 52.0 Å². The number of thioether (sulfide) groups is 1. The standard InChI is InChI=1S/C8H16N4S/c1-12(5-4-10-11-9)8-2-6-13-7-3-8/h8H,2-7H2,1H3. The van der Waals surface area contributed by atoms with Crippen LogP contribution in [0.2, 0.25) is 0 Å². The molecule has 0 aromatic heterocycles. The van der Waals surface area contributed by atoms with Gasteiger partial charge in [0.05, 0.1) is 0 Å². The van der Waals surface area contributed by atoms with Crippen molar-refractivity contribution < 1.29 is 0 Å². The first-order valence-corrected chi connectivity index (χ1v) is 5.79. The quantitative estimate of drug-likeness (QED) is 0.396. The Morgan fingerprint density at radius 1 is 1.54 bits per heavy atom. The van der Waals surface area contributed by atoms with Gasteiger partial charge in [0.1, 0.15) is 0 Å². The van der Waals surface area contributed by atoms with E-state index in [4.69, 9.17) is 5.53 Å². The van der Waals surface area contributed by atoms with Crippen LogP contribution in [0.5, 0.6) is 0 Å². The highest BCUT2D eigenvalue weighted by Crippen LogP contribution is 2.20. The summed E-state index contributed by atoms with van der Waals surface area (Å²) in [5.74, 6) is 2.55. The summed E-state index contributed by atoms with van der Waals surface area (Å²) in [6.45, 7) is 1.48. The van der Waals surface area contributed by atoms with Crippen LogP contribution < -0.4 is 0 Å². The van der Waals surface area contributed by atoms with Crippen LogP contribution in [0.4, 0.5) is 0 Å². The monoisotopic (exact) mass is 200 g/mol. The Bertz CT molecular complexity index is 185. The summed E-state index contributed by atoms with van der Waals surface area (Å²) in [5.41, 5.74) is 8.13. The zero-order valence-corrected chi connectivity index (χ0v) is 8.83. The largest absolute Gasteiger partial charge is 0.303 e. The van der Waals surface area contributed by atoms with Crippen LogP contribution >= 0.6 is 11.8 Å². The van der Waals surface area contributed by atoms with Crippen LogP contribution in [0.25, 0.3) is 10.4 Å². The summed E-state index contributed by atoms with van der Waals surface area (Å²) in [5, 5.41) is 3.54. The maximum atomic E-state index is 8.13. The number of hydrogen-bond donors (Lipinski definition) is 0. The van der Waals surface area contributed by atoms with Crippen LogP contribution in [0.15, 0.2) is 5.11 Å². The first-order chi connectivity index (χ1) is 6.34. The molecule has 13 heavy (non-hydrogen) atoms. The SMILES string of the molecule is CN(CCN=[N+]=[N-])C1CCSCC1. The van der Waals surface area contributed by atoms with Crippen LogP contribution in [0.3, 0.4) is 0 Å². The zero-order chi connectivity index (χ0) is 9.52. The molecule has 0 bridgehead atoms. The highest BCUT2D eigenvalue weighted by molar-refractivity contribution is 7.99. The molecule has 5 heteroatoms. The minimum absolute atomic E-state index is 0.594. The minimum Gasteiger partial charge on any atom is -0.303 e. The molecule has 1 aliphatic rings. The number of rotatable bonds is 4. The normalized spacial score (nSPS) is 18.6. The van der Waals surface area contributed by atoms with E-state index >= 15 is 0 Å². The Labute approximate surface area is 83.3 Å². The second-order valence-corrected chi connectivity index (χ2v) is 4.50. The molecule has 0 unspecified atom stereocenters. The van der Waals surface area contributed by atoms with Crippen molar-refractivity contribution in [2.75, 3.05) is 31.6 Å². The molecule has 0 radical (unpaired) electrons. The summed E-state index contributed by atoms with van der Waals surface area (Å²) in [6, 6.07) is 0.704. The first kappa shape index (κ1) is 10.7. The lowest BCUT2D eigenvalue weighted by atomic mass is 10.1. The van der Waals surface area contributed by atoms with Gasteiger partial charge < -0.3 is 4.90 Å².